The normalized spacial score (nSPS) is 11.4. The van der Waals surface area contributed by atoms with Gasteiger partial charge in [0.25, 0.3) is 5.69 Å². The fourth-order valence-corrected chi connectivity index (χ4v) is 2.94. The second kappa shape index (κ2) is 4.42. The summed E-state index contributed by atoms with van der Waals surface area (Å²) in [6.45, 7) is 0. The first-order valence-electron chi connectivity index (χ1n) is 4.67. The lowest BCUT2D eigenvalue weighted by atomic mass is 10.1. The minimum absolute atomic E-state index is 0.0522. The first-order valence-corrected chi connectivity index (χ1v) is 7.33. The molecule has 1 heterocycles. The number of hydrogen-bond acceptors (Lipinski definition) is 7. The Kier molecular flexibility index (Phi) is 3.09. The van der Waals surface area contributed by atoms with Crippen LogP contribution in [0.4, 0.5) is 5.69 Å². The predicted octanol–water partition coefficient (Wildman–Crippen LogP) is 1.52. The smallest absolute Gasteiger partial charge is 0.258 e. The van der Waals surface area contributed by atoms with Gasteiger partial charge in [-0.3, -0.25) is 10.1 Å². The molecule has 0 amide bonds. The van der Waals surface area contributed by atoms with Gasteiger partial charge >= 0.3 is 0 Å². The van der Waals surface area contributed by atoms with Gasteiger partial charge in [0.1, 0.15) is 5.69 Å². The summed E-state index contributed by atoms with van der Waals surface area (Å²) in [5.74, 6) is 0. The van der Waals surface area contributed by atoms with Crippen molar-refractivity contribution in [2.45, 2.75) is 4.21 Å². The van der Waals surface area contributed by atoms with Crippen molar-refractivity contribution in [3.63, 3.8) is 0 Å². The van der Waals surface area contributed by atoms with Crippen LogP contribution < -0.4 is 0 Å². The number of aromatic nitrogens is 2. The molecule has 7 nitrogen and oxygen atoms in total. The van der Waals surface area contributed by atoms with Crippen LogP contribution in [0.2, 0.25) is 0 Å². The molecule has 0 atom stereocenters. The topological polar surface area (TPSA) is 103 Å². The highest BCUT2D eigenvalue weighted by Crippen LogP contribution is 2.28. The van der Waals surface area contributed by atoms with Gasteiger partial charge in [0.05, 0.1) is 4.92 Å². The zero-order chi connectivity index (χ0) is 13.3. The van der Waals surface area contributed by atoms with Gasteiger partial charge in [0.15, 0.2) is 14.0 Å². The number of rotatable bonds is 3. The van der Waals surface area contributed by atoms with Crippen LogP contribution in [0.5, 0.6) is 0 Å². The van der Waals surface area contributed by atoms with Crippen LogP contribution >= 0.6 is 11.5 Å². The Morgan fingerprint density at radius 2 is 1.89 bits per heavy atom. The van der Waals surface area contributed by atoms with Gasteiger partial charge in [0, 0.05) is 35.5 Å². The van der Waals surface area contributed by atoms with Gasteiger partial charge in [-0.15, -0.1) is 5.10 Å². The summed E-state index contributed by atoms with van der Waals surface area (Å²) in [6, 6.07) is 5.48. The molecule has 0 aliphatic rings. The van der Waals surface area contributed by atoms with Crippen molar-refractivity contribution in [2.75, 3.05) is 6.26 Å². The molecule has 18 heavy (non-hydrogen) atoms. The predicted molar refractivity (Wildman–Crippen MR) is 65.1 cm³/mol. The lowest BCUT2D eigenvalue weighted by Crippen LogP contribution is -1.96. The van der Waals surface area contributed by atoms with Gasteiger partial charge < -0.3 is 0 Å². The molecule has 0 saturated heterocycles. The molecule has 1 aromatic carbocycles. The molecule has 0 spiro atoms. The lowest BCUT2D eigenvalue weighted by Gasteiger charge is -1.99. The van der Waals surface area contributed by atoms with E-state index in [2.05, 4.69) is 9.59 Å². The molecule has 9 heteroatoms. The Bertz CT molecular complexity index is 691. The average Bonchev–Trinajstić information content (AvgIpc) is 2.77. The molecule has 2 aromatic rings. The summed E-state index contributed by atoms with van der Waals surface area (Å²) in [7, 11) is -3.41. The standard InChI is InChI=1S/C9H7N3O4S2/c1-18(15,16)9-8(10-11-17-9)6-2-4-7(5-3-6)12(13)14/h2-5H,1H3. The van der Waals surface area contributed by atoms with Crippen LogP contribution in [0.3, 0.4) is 0 Å². The maximum atomic E-state index is 11.5. The van der Waals surface area contributed by atoms with Gasteiger partial charge in [-0.2, -0.15) is 0 Å². The summed E-state index contributed by atoms with van der Waals surface area (Å²) >= 11 is 0.779. The number of non-ortho nitro benzene ring substituents is 1. The van der Waals surface area contributed by atoms with E-state index in [9.17, 15) is 18.5 Å². The molecular formula is C9H7N3O4S2. The zero-order valence-corrected chi connectivity index (χ0v) is 10.7. The summed E-state index contributed by atoms with van der Waals surface area (Å²) in [6.07, 6.45) is 1.07. The van der Waals surface area contributed by atoms with Crippen molar-refractivity contribution in [3.05, 3.63) is 34.4 Å². The van der Waals surface area contributed by atoms with E-state index in [0.717, 1.165) is 17.8 Å². The molecule has 0 unspecified atom stereocenters. The summed E-state index contributed by atoms with van der Waals surface area (Å²) in [4.78, 5) is 9.98. The van der Waals surface area contributed by atoms with Crippen molar-refractivity contribution in [3.8, 4) is 11.3 Å². The second-order valence-electron chi connectivity index (χ2n) is 3.49. The highest BCUT2D eigenvalue weighted by molar-refractivity contribution is 7.92. The third kappa shape index (κ3) is 2.36. The number of nitro groups is 1. The van der Waals surface area contributed by atoms with Gasteiger partial charge in [-0.25, -0.2) is 8.42 Å². The molecule has 0 aliphatic heterocycles. The first kappa shape index (κ1) is 12.6. The van der Waals surface area contributed by atoms with E-state index in [4.69, 9.17) is 0 Å². The van der Waals surface area contributed by atoms with E-state index >= 15 is 0 Å². The summed E-state index contributed by atoms with van der Waals surface area (Å²) in [5, 5.41) is 14.3. The quantitative estimate of drug-likeness (QED) is 0.625. The highest BCUT2D eigenvalue weighted by atomic mass is 32.2. The molecule has 0 N–H and O–H groups in total. The Morgan fingerprint density at radius 1 is 1.28 bits per heavy atom. The number of hydrogen-bond donors (Lipinski definition) is 0. The molecular weight excluding hydrogens is 278 g/mol. The molecule has 0 aliphatic carbocycles. The lowest BCUT2D eigenvalue weighted by molar-refractivity contribution is -0.384. The van der Waals surface area contributed by atoms with Gasteiger partial charge in [-0.1, -0.05) is 4.49 Å². The van der Waals surface area contributed by atoms with Crippen molar-refractivity contribution in [1.82, 2.24) is 9.59 Å². The molecule has 1 aromatic heterocycles. The number of nitro benzene ring substituents is 1. The summed E-state index contributed by atoms with van der Waals surface area (Å²) in [5.41, 5.74) is 0.634. The fraction of sp³-hybridized carbons (Fsp3) is 0.111. The number of sulfone groups is 1. The molecule has 2 rings (SSSR count). The molecule has 0 radical (unpaired) electrons. The zero-order valence-electron chi connectivity index (χ0n) is 9.10. The minimum Gasteiger partial charge on any atom is -0.258 e. The second-order valence-corrected chi connectivity index (χ2v) is 6.45. The maximum absolute atomic E-state index is 11.5. The molecule has 0 fully saturated rings. The van der Waals surface area contributed by atoms with Crippen molar-refractivity contribution in [2.24, 2.45) is 0 Å². The van der Waals surface area contributed by atoms with E-state index in [1.807, 2.05) is 0 Å². The van der Waals surface area contributed by atoms with Crippen LogP contribution in [-0.2, 0) is 9.84 Å². The van der Waals surface area contributed by atoms with Crippen molar-refractivity contribution >= 4 is 27.1 Å². The highest BCUT2D eigenvalue weighted by Gasteiger charge is 2.20. The number of nitrogens with zero attached hydrogens (tertiary/aromatic N) is 3. The van der Waals surface area contributed by atoms with Crippen LogP contribution in [0.25, 0.3) is 11.3 Å². The van der Waals surface area contributed by atoms with Crippen LogP contribution in [0, 0.1) is 10.1 Å². The van der Waals surface area contributed by atoms with Gasteiger partial charge in [-0.05, 0) is 12.1 Å². The monoisotopic (exact) mass is 285 g/mol. The Morgan fingerprint density at radius 3 is 2.39 bits per heavy atom. The summed E-state index contributed by atoms with van der Waals surface area (Å²) < 4.78 is 26.6. The van der Waals surface area contributed by atoms with E-state index in [1.54, 1.807) is 0 Å². The third-order valence-electron chi connectivity index (χ3n) is 2.15. The minimum atomic E-state index is -3.41. The van der Waals surface area contributed by atoms with Crippen LogP contribution in [0.15, 0.2) is 28.5 Å². The third-order valence-corrected chi connectivity index (χ3v) is 4.67. The molecule has 0 bridgehead atoms. The van der Waals surface area contributed by atoms with E-state index < -0.39 is 14.8 Å². The Balaban J connectivity index is 2.50. The van der Waals surface area contributed by atoms with Crippen molar-refractivity contribution < 1.29 is 13.3 Å². The largest absolute Gasteiger partial charge is 0.269 e. The van der Waals surface area contributed by atoms with Gasteiger partial charge in [0.2, 0.25) is 0 Å². The maximum Gasteiger partial charge on any atom is 0.269 e. The molecule has 94 valence electrons. The van der Waals surface area contributed by atoms with Crippen LogP contribution in [0.1, 0.15) is 0 Å². The first-order chi connectivity index (χ1) is 8.39. The fourth-order valence-electron chi connectivity index (χ4n) is 1.34. The van der Waals surface area contributed by atoms with E-state index in [1.165, 1.54) is 24.3 Å². The number of benzene rings is 1. The SMILES string of the molecule is CS(=O)(=O)c1snnc1-c1ccc([N+](=O)[O-])cc1. The van der Waals surface area contributed by atoms with Crippen molar-refractivity contribution in [1.29, 1.82) is 0 Å². The van der Waals surface area contributed by atoms with Crippen LogP contribution in [-0.4, -0.2) is 29.2 Å². The molecule has 0 saturated carbocycles. The van der Waals surface area contributed by atoms with E-state index in [-0.39, 0.29) is 15.6 Å². The Hall–Kier alpha value is -1.87. The van der Waals surface area contributed by atoms with E-state index in [0.29, 0.717) is 5.56 Å². The Labute approximate surface area is 106 Å². The average molecular weight is 285 g/mol.